The van der Waals surface area contributed by atoms with Crippen molar-refractivity contribution in [3.63, 3.8) is 0 Å². The maximum absolute atomic E-state index is 10.8. The van der Waals surface area contributed by atoms with Crippen LogP contribution < -0.4 is 5.32 Å². The fraction of sp³-hybridized carbons (Fsp3) is 0.857. The molecule has 0 saturated carbocycles. The summed E-state index contributed by atoms with van der Waals surface area (Å²) in [6, 6.07) is 0.308. The van der Waals surface area contributed by atoms with Crippen molar-refractivity contribution in [2.75, 3.05) is 12.0 Å². The normalized spacial score (nSPS) is 12.7. The summed E-state index contributed by atoms with van der Waals surface area (Å²) in [5.41, 5.74) is 0. The average molecular weight is 161 g/mol. The molecule has 0 aliphatic heterocycles. The molecule has 0 aliphatic carbocycles. The molecule has 2 nitrogen and oxygen atoms in total. The zero-order valence-corrected chi connectivity index (χ0v) is 7.62. The maximum atomic E-state index is 10.8. The van der Waals surface area contributed by atoms with Crippen LogP contribution in [0.5, 0.6) is 0 Å². The van der Waals surface area contributed by atoms with Crippen molar-refractivity contribution in [3.05, 3.63) is 0 Å². The van der Waals surface area contributed by atoms with Crippen LogP contribution in [0.2, 0.25) is 0 Å². The zero-order chi connectivity index (χ0) is 7.98. The molecule has 0 radical (unpaired) electrons. The van der Waals surface area contributed by atoms with Crippen LogP contribution in [0.25, 0.3) is 0 Å². The summed E-state index contributed by atoms with van der Waals surface area (Å²) in [5.74, 6) is 1.13. The van der Waals surface area contributed by atoms with Gasteiger partial charge in [0.2, 0.25) is 5.91 Å². The summed E-state index contributed by atoms with van der Waals surface area (Å²) in [6.07, 6.45) is 2.62. The van der Waals surface area contributed by atoms with Gasteiger partial charge in [-0.2, -0.15) is 11.8 Å². The van der Waals surface area contributed by atoms with E-state index in [0.717, 1.165) is 5.75 Å². The largest absolute Gasteiger partial charge is 0.353 e. The highest BCUT2D eigenvalue weighted by atomic mass is 32.2. The Morgan fingerprint density at radius 2 is 2.30 bits per heavy atom. The lowest BCUT2D eigenvalue weighted by atomic mass is 10.3. The van der Waals surface area contributed by atoms with Gasteiger partial charge in [-0.25, -0.2) is 0 Å². The van der Waals surface area contributed by atoms with E-state index in [-0.39, 0.29) is 5.91 Å². The van der Waals surface area contributed by atoms with Gasteiger partial charge >= 0.3 is 0 Å². The molecule has 0 aromatic heterocycles. The van der Waals surface area contributed by atoms with Gasteiger partial charge in [0.15, 0.2) is 0 Å². The molecule has 0 saturated heterocycles. The Morgan fingerprint density at radius 1 is 1.70 bits per heavy atom. The minimum atomic E-state index is 0.140. The molecule has 1 unspecified atom stereocenters. The summed E-state index contributed by atoms with van der Waals surface area (Å²) in [5, 5.41) is 2.87. The van der Waals surface area contributed by atoms with E-state index in [1.54, 1.807) is 11.8 Å². The molecule has 0 fully saturated rings. The fourth-order valence-electron chi connectivity index (χ4n) is 0.669. The van der Waals surface area contributed by atoms with E-state index < -0.39 is 0 Å². The smallest absolute Gasteiger partial charge is 0.219 e. The molecule has 1 amide bonds. The van der Waals surface area contributed by atoms with Crippen LogP contribution in [0.15, 0.2) is 0 Å². The minimum absolute atomic E-state index is 0.140. The molecule has 10 heavy (non-hydrogen) atoms. The highest BCUT2D eigenvalue weighted by Crippen LogP contribution is 1.95. The Morgan fingerprint density at radius 3 is 2.70 bits per heavy atom. The first-order valence-corrected chi connectivity index (χ1v) is 4.88. The van der Waals surface area contributed by atoms with Gasteiger partial charge in [-0.15, -0.1) is 0 Å². The van der Waals surface area contributed by atoms with Gasteiger partial charge in [0.05, 0.1) is 0 Å². The second-order valence-corrected chi connectivity index (χ2v) is 3.19. The second kappa shape index (κ2) is 5.59. The molecule has 0 heterocycles. The van der Waals surface area contributed by atoms with Crippen molar-refractivity contribution in [1.29, 1.82) is 0 Å². The first-order valence-electron chi connectivity index (χ1n) is 3.49. The SMILES string of the molecule is CCC(=O)NC(C)CSC. The molecule has 1 atom stereocenters. The molecule has 0 rings (SSSR count). The Bertz CT molecular complexity index is 106. The van der Waals surface area contributed by atoms with Crippen molar-refractivity contribution in [2.45, 2.75) is 26.3 Å². The Kier molecular flexibility index (Phi) is 5.49. The number of carbonyl (C=O) groups excluding carboxylic acids is 1. The Balaban J connectivity index is 3.37. The minimum Gasteiger partial charge on any atom is -0.353 e. The highest BCUT2D eigenvalue weighted by Gasteiger charge is 2.02. The molecule has 0 aliphatic rings. The van der Waals surface area contributed by atoms with E-state index >= 15 is 0 Å². The molecular formula is C7H15NOS. The van der Waals surface area contributed by atoms with Gasteiger partial charge in [-0.1, -0.05) is 6.92 Å². The summed E-state index contributed by atoms with van der Waals surface area (Å²) in [7, 11) is 0. The molecule has 3 heteroatoms. The molecule has 0 spiro atoms. The van der Waals surface area contributed by atoms with Crippen molar-refractivity contribution in [2.24, 2.45) is 0 Å². The van der Waals surface area contributed by atoms with Crippen molar-refractivity contribution < 1.29 is 4.79 Å². The predicted octanol–water partition coefficient (Wildman–Crippen LogP) is 1.26. The van der Waals surface area contributed by atoms with E-state index in [4.69, 9.17) is 0 Å². The number of nitrogens with one attached hydrogen (secondary N) is 1. The van der Waals surface area contributed by atoms with Gasteiger partial charge < -0.3 is 5.32 Å². The summed E-state index contributed by atoms with van der Waals surface area (Å²) >= 11 is 1.75. The summed E-state index contributed by atoms with van der Waals surface area (Å²) in [4.78, 5) is 10.8. The second-order valence-electron chi connectivity index (χ2n) is 2.28. The number of carbonyl (C=O) groups is 1. The van der Waals surface area contributed by atoms with E-state index in [9.17, 15) is 4.79 Å². The monoisotopic (exact) mass is 161 g/mol. The van der Waals surface area contributed by atoms with Crippen LogP contribution in [0, 0.1) is 0 Å². The van der Waals surface area contributed by atoms with Crippen LogP contribution in [0.4, 0.5) is 0 Å². The van der Waals surface area contributed by atoms with E-state index in [1.165, 1.54) is 0 Å². The van der Waals surface area contributed by atoms with Crippen LogP contribution in [0.3, 0.4) is 0 Å². The Labute approximate surface area is 66.8 Å². The van der Waals surface area contributed by atoms with Crippen molar-refractivity contribution in [3.8, 4) is 0 Å². The standard InChI is InChI=1S/C7H15NOS/c1-4-7(9)8-6(2)5-10-3/h6H,4-5H2,1-3H3,(H,8,9). The zero-order valence-electron chi connectivity index (χ0n) is 6.81. The summed E-state index contributed by atoms with van der Waals surface area (Å²) < 4.78 is 0. The lowest BCUT2D eigenvalue weighted by molar-refractivity contribution is -0.121. The first kappa shape index (κ1) is 9.82. The lowest BCUT2D eigenvalue weighted by Gasteiger charge is -2.10. The quantitative estimate of drug-likeness (QED) is 0.672. The maximum Gasteiger partial charge on any atom is 0.219 e. The molecule has 0 aromatic rings. The summed E-state index contributed by atoms with van der Waals surface area (Å²) in [6.45, 7) is 3.88. The fourth-order valence-corrected chi connectivity index (χ4v) is 1.25. The van der Waals surface area contributed by atoms with Crippen molar-refractivity contribution >= 4 is 17.7 Å². The average Bonchev–Trinajstić information content (AvgIpc) is 1.88. The number of hydrogen-bond donors (Lipinski definition) is 1. The lowest BCUT2D eigenvalue weighted by Crippen LogP contribution is -2.33. The van der Waals surface area contributed by atoms with Gasteiger partial charge in [0, 0.05) is 18.2 Å². The number of rotatable bonds is 4. The third-order valence-electron chi connectivity index (χ3n) is 1.15. The molecule has 60 valence electrons. The van der Waals surface area contributed by atoms with Gasteiger partial charge in [0.1, 0.15) is 0 Å². The third kappa shape index (κ3) is 4.68. The van der Waals surface area contributed by atoms with Crippen LogP contribution in [0.1, 0.15) is 20.3 Å². The topological polar surface area (TPSA) is 29.1 Å². The van der Waals surface area contributed by atoms with E-state index in [1.807, 2.05) is 20.1 Å². The predicted molar refractivity (Wildman–Crippen MR) is 46.3 cm³/mol. The van der Waals surface area contributed by atoms with E-state index in [2.05, 4.69) is 5.32 Å². The molecule has 1 N–H and O–H groups in total. The van der Waals surface area contributed by atoms with Gasteiger partial charge in [-0.3, -0.25) is 4.79 Å². The number of thioether (sulfide) groups is 1. The van der Waals surface area contributed by atoms with Gasteiger partial charge in [-0.05, 0) is 13.2 Å². The number of amides is 1. The van der Waals surface area contributed by atoms with Crippen molar-refractivity contribution in [1.82, 2.24) is 5.32 Å². The third-order valence-corrected chi connectivity index (χ3v) is 1.98. The molecule has 0 bridgehead atoms. The number of hydrogen-bond acceptors (Lipinski definition) is 2. The van der Waals surface area contributed by atoms with Gasteiger partial charge in [0.25, 0.3) is 0 Å². The highest BCUT2D eigenvalue weighted by molar-refractivity contribution is 7.98. The first-order chi connectivity index (χ1) is 4.70. The van der Waals surface area contributed by atoms with E-state index in [0.29, 0.717) is 12.5 Å². The molecular weight excluding hydrogens is 146 g/mol. The van der Waals surface area contributed by atoms with Crippen LogP contribution >= 0.6 is 11.8 Å². The van der Waals surface area contributed by atoms with Crippen LogP contribution in [-0.2, 0) is 4.79 Å². The molecule has 0 aromatic carbocycles. The Hall–Kier alpha value is -0.180. The van der Waals surface area contributed by atoms with Crippen LogP contribution in [-0.4, -0.2) is 24.0 Å².